The molecule has 7 nitrogen and oxygen atoms in total. The number of aromatic nitrogens is 3. The molecule has 1 aliphatic heterocycles. The quantitative estimate of drug-likeness (QED) is 0.552. The van der Waals surface area contributed by atoms with Gasteiger partial charge in [-0.3, -0.25) is 4.79 Å². The van der Waals surface area contributed by atoms with Crippen LogP contribution in [0.25, 0.3) is 0 Å². The molecule has 25 heavy (non-hydrogen) atoms. The van der Waals surface area contributed by atoms with Crippen LogP contribution in [0.3, 0.4) is 0 Å². The minimum Gasteiger partial charge on any atom is -0.330 e. The first kappa shape index (κ1) is 20.0. The van der Waals surface area contributed by atoms with Crippen molar-refractivity contribution in [3.8, 4) is 0 Å². The molecule has 1 aromatic heterocycles. The number of nitrogens with two attached hydrogens (primary N) is 2. The van der Waals surface area contributed by atoms with Crippen molar-refractivity contribution in [3.05, 3.63) is 11.9 Å². The largest absolute Gasteiger partial charge is 0.330 e. The molecule has 0 bridgehead atoms. The Kier molecular flexibility index (Phi) is 7.99. The summed E-state index contributed by atoms with van der Waals surface area (Å²) in [7, 11) is 0. The molecule has 0 amide bonds. The van der Waals surface area contributed by atoms with Crippen LogP contribution in [0.4, 0.5) is 0 Å². The molecule has 142 valence electrons. The van der Waals surface area contributed by atoms with Gasteiger partial charge in [0.25, 0.3) is 0 Å². The number of hydrogen-bond acceptors (Lipinski definition) is 6. The fraction of sp³-hybridized carbons (Fsp3) is 0.833. The molecule has 0 spiro atoms. The van der Waals surface area contributed by atoms with E-state index in [1.165, 1.54) is 0 Å². The standard InChI is InChI=1S/C18H34N6O/c1-13(2)11-15(20)16-12-24(23-22-16)17(5-3-4-8-19)18(25)14-6-9-21-10-7-14/h12-15,17,21H,3-11,19-20H2,1-2H3/t15-,17?/m0/s1. The first-order valence-corrected chi connectivity index (χ1v) is 9.64. The van der Waals surface area contributed by atoms with Crippen molar-refractivity contribution in [1.82, 2.24) is 20.3 Å². The predicted molar refractivity (Wildman–Crippen MR) is 98.9 cm³/mol. The maximum atomic E-state index is 13.1. The van der Waals surface area contributed by atoms with Crippen molar-refractivity contribution >= 4 is 5.78 Å². The van der Waals surface area contributed by atoms with Crippen molar-refractivity contribution < 1.29 is 4.79 Å². The molecule has 0 aliphatic carbocycles. The van der Waals surface area contributed by atoms with Crippen LogP contribution in [0.5, 0.6) is 0 Å². The highest BCUT2D eigenvalue weighted by Gasteiger charge is 2.30. The Morgan fingerprint density at radius 1 is 1.36 bits per heavy atom. The van der Waals surface area contributed by atoms with Crippen LogP contribution in [0.1, 0.15) is 70.2 Å². The SMILES string of the molecule is CC(C)C[C@H](N)c1cn(C(CCCCN)C(=O)C2CCNCC2)nn1. The maximum Gasteiger partial charge on any atom is 0.160 e. The number of Topliss-reactive ketones (excluding diaryl/α,β-unsaturated/α-hetero) is 1. The van der Waals surface area contributed by atoms with Gasteiger partial charge in [-0.2, -0.15) is 0 Å². The third-order valence-corrected chi connectivity index (χ3v) is 4.95. The lowest BCUT2D eigenvalue weighted by Gasteiger charge is -2.26. The van der Waals surface area contributed by atoms with Gasteiger partial charge in [0, 0.05) is 5.92 Å². The molecule has 0 aromatic carbocycles. The minimum atomic E-state index is -0.248. The van der Waals surface area contributed by atoms with Gasteiger partial charge in [-0.15, -0.1) is 5.10 Å². The van der Waals surface area contributed by atoms with Crippen molar-refractivity contribution in [1.29, 1.82) is 0 Å². The molecule has 0 radical (unpaired) electrons. The van der Waals surface area contributed by atoms with E-state index in [0.717, 1.165) is 57.3 Å². The van der Waals surface area contributed by atoms with E-state index in [4.69, 9.17) is 11.5 Å². The van der Waals surface area contributed by atoms with E-state index >= 15 is 0 Å². The summed E-state index contributed by atoms with van der Waals surface area (Å²) in [5, 5.41) is 11.8. The van der Waals surface area contributed by atoms with E-state index in [0.29, 0.717) is 12.5 Å². The molecule has 1 aliphatic rings. The summed E-state index contributed by atoms with van der Waals surface area (Å²) in [5.41, 5.74) is 12.6. The fourth-order valence-corrected chi connectivity index (χ4v) is 3.51. The molecular weight excluding hydrogens is 316 g/mol. The average Bonchev–Trinajstić information content (AvgIpc) is 3.08. The lowest BCUT2D eigenvalue weighted by atomic mass is 9.88. The number of carbonyl (C=O) groups is 1. The summed E-state index contributed by atoms with van der Waals surface area (Å²) < 4.78 is 1.75. The monoisotopic (exact) mass is 350 g/mol. The normalized spacial score (nSPS) is 18.4. The molecule has 1 unspecified atom stereocenters. The second kappa shape index (κ2) is 9.99. The van der Waals surface area contributed by atoms with Gasteiger partial charge < -0.3 is 16.8 Å². The van der Waals surface area contributed by atoms with Crippen LogP contribution in [-0.4, -0.2) is 40.4 Å². The van der Waals surface area contributed by atoms with Crippen molar-refractivity contribution in [2.45, 2.75) is 64.5 Å². The zero-order valence-electron chi connectivity index (χ0n) is 15.7. The lowest BCUT2D eigenvalue weighted by molar-refractivity contribution is -0.127. The van der Waals surface area contributed by atoms with Gasteiger partial charge in [-0.25, -0.2) is 4.68 Å². The Hall–Kier alpha value is -1.31. The summed E-state index contributed by atoms with van der Waals surface area (Å²) in [6.07, 6.45) is 7.15. The highest BCUT2D eigenvalue weighted by molar-refractivity contribution is 5.85. The smallest absolute Gasteiger partial charge is 0.160 e. The van der Waals surface area contributed by atoms with Crippen LogP contribution in [0.15, 0.2) is 6.20 Å². The van der Waals surface area contributed by atoms with Crippen LogP contribution >= 0.6 is 0 Å². The van der Waals surface area contributed by atoms with Crippen LogP contribution < -0.4 is 16.8 Å². The van der Waals surface area contributed by atoms with Gasteiger partial charge in [-0.1, -0.05) is 19.1 Å². The number of carbonyl (C=O) groups excluding carboxylic acids is 1. The van der Waals surface area contributed by atoms with Gasteiger partial charge in [-0.05, 0) is 64.1 Å². The van der Waals surface area contributed by atoms with Gasteiger partial charge >= 0.3 is 0 Å². The van der Waals surface area contributed by atoms with Crippen molar-refractivity contribution in [2.24, 2.45) is 23.3 Å². The second-order valence-corrected chi connectivity index (χ2v) is 7.59. The Labute approximate surface area is 150 Å². The number of hydrogen-bond donors (Lipinski definition) is 3. The van der Waals surface area contributed by atoms with E-state index in [-0.39, 0.29) is 23.8 Å². The number of ketones is 1. The van der Waals surface area contributed by atoms with Gasteiger partial charge in [0.1, 0.15) is 6.04 Å². The number of unbranched alkanes of at least 4 members (excludes halogenated alkanes) is 1. The third kappa shape index (κ3) is 5.87. The molecule has 7 heteroatoms. The maximum absolute atomic E-state index is 13.1. The Morgan fingerprint density at radius 2 is 2.08 bits per heavy atom. The molecule has 1 aromatic rings. The molecule has 2 rings (SSSR count). The molecular formula is C18H34N6O. The van der Waals surface area contributed by atoms with E-state index in [2.05, 4.69) is 29.5 Å². The molecule has 1 saturated heterocycles. The van der Waals surface area contributed by atoms with Gasteiger partial charge in [0.05, 0.1) is 17.9 Å². The summed E-state index contributed by atoms with van der Waals surface area (Å²) in [5.74, 6) is 0.894. The van der Waals surface area contributed by atoms with Crippen LogP contribution in [0.2, 0.25) is 0 Å². The number of nitrogens with one attached hydrogen (secondary N) is 1. The van der Waals surface area contributed by atoms with Crippen molar-refractivity contribution in [3.63, 3.8) is 0 Å². The van der Waals surface area contributed by atoms with Gasteiger partial charge in [0.2, 0.25) is 0 Å². The number of nitrogens with zero attached hydrogens (tertiary/aromatic N) is 3. The average molecular weight is 351 g/mol. The first-order valence-electron chi connectivity index (χ1n) is 9.64. The first-order chi connectivity index (χ1) is 12.0. The van der Waals surface area contributed by atoms with Crippen molar-refractivity contribution in [2.75, 3.05) is 19.6 Å². The Balaban J connectivity index is 2.11. The van der Waals surface area contributed by atoms with E-state index in [1.807, 2.05) is 6.20 Å². The zero-order valence-corrected chi connectivity index (χ0v) is 15.7. The second-order valence-electron chi connectivity index (χ2n) is 7.59. The summed E-state index contributed by atoms with van der Waals surface area (Å²) in [6, 6.07) is -0.380. The molecule has 2 heterocycles. The summed E-state index contributed by atoms with van der Waals surface area (Å²) >= 11 is 0. The Bertz CT molecular complexity index is 523. The highest BCUT2D eigenvalue weighted by Crippen LogP contribution is 2.26. The van der Waals surface area contributed by atoms with E-state index in [9.17, 15) is 4.79 Å². The van der Waals surface area contributed by atoms with Crippen LogP contribution in [0, 0.1) is 11.8 Å². The predicted octanol–water partition coefficient (Wildman–Crippen LogP) is 1.56. The summed E-state index contributed by atoms with van der Waals surface area (Å²) in [4.78, 5) is 13.1. The summed E-state index contributed by atoms with van der Waals surface area (Å²) in [6.45, 7) is 6.75. The zero-order chi connectivity index (χ0) is 18.2. The molecule has 2 atom stereocenters. The number of piperidine rings is 1. The van der Waals surface area contributed by atoms with E-state index < -0.39 is 0 Å². The highest BCUT2D eigenvalue weighted by atomic mass is 16.1. The molecule has 1 fully saturated rings. The fourth-order valence-electron chi connectivity index (χ4n) is 3.51. The van der Waals surface area contributed by atoms with Gasteiger partial charge in [0.15, 0.2) is 5.78 Å². The third-order valence-electron chi connectivity index (χ3n) is 4.95. The number of rotatable bonds is 10. The van der Waals surface area contributed by atoms with Crippen LogP contribution in [-0.2, 0) is 4.79 Å². The lowest BCUT2D eigenvalue weighted by Crippen LogP contribution is -2.35. The van der Waals surface area contributed by atoms with E-state index in [1.54, 1.807) is 4.68 Å². The Morgan fingerprint density at radius 3 is 2.72 bits per heavy atom. The topological polar surface area (TPSA) is 112 Å². The molecule has 0 saturated carbocycles. The minimum absolute atomic E-state index is 0.112. The molecule has 5 N–H and O–H groups in total.